The molecule has 2 fully saturated rings. The number of amides is 1. The maximum absolute atomic E-state index is 12.9. The van der Waals surface area contributed by atoms with Crippen molar-refractivity contribution in [3.05, 3.63) is 30.1 Å². The highest BCUT2D eigenvalue weighted by molar-refractivity contribution is 8.14. The van der Waals surface area contributed by atoms with Crippen LogP contribution in [-0.4, -0.2) is 40.9 Å². The van der Waals surface area contributed by atoms with Gasteiger partial charge in [0.05, 0.1) is 6.04 Å². The number of hydrogen-bond acceptors (Lipinski definition) is 3. The molecule has 1 saturated carbocycles. The molecule has 4 nitrogen and oxygen atoms in total. The van der Waals surface area contributed by atoms with E-state index in [0.717, 1.165) is 10.9 Å². The molecule has 0 spiro atoms. The van der Waals surface area contributed by atoms with Crippen LogP contribution in [0.3, 0.4) is 0 Å². The van der Waals surface area contributed by atoms with E-state index in [0.29, 0.717) is 18.2 Å². The van der Waals surface area contributed by atoms with Crippen molar-refractivity contribution in [2.45, 2.75) is 57.0 Å². The van der Waals surface area contributed by atoms with Crippen LogP contribution in [0.15, 0.2) is 29.3 Å². The van der Waals surface area contributed by atoms with E-state index in [-0.39, 0.29) is 17.8 Å². The molecule has 0 aromatic heterocycles. The minimum absolute atomic E-state index is 0.0419. The first kappa shape index (κ1) is 18.2. The van der Waals surface area contributed by atoms with Crippen LogP contribution < -0.4 is 5.32 Å². The van der Waals surface area contributed by atoms with E-state index in [4.69, 9.17) is 4.99 Å². The summed E-state index contributed by atoms with van der Waals surface area (Å²) in [5.41, 5.74) is 0.632. The number of nitrogens with one attached hydrogen (secondary N) is 1. The lowest BCUT2D eigenvalue weighted by Crippen LogP contribution is -2.34. The molecule has 1 atom stereocenters. The molecule has 6 heteroatoms. The average molecular weight is 364 g/mol. The van der Waals surface area contributed by atoms with Crippen molar-refractivity contribution in [2.24, 2.45) is 4.99 Å². The Hall–Kier alpha value is -1.56. The number of nitrogens with zero attached hydrogens (tertiary/aromatic N) is 2. The smallest absolute Gasteiger partial charge is 0.226 e. The van der Waals surface area contributed by atoms with E-state index in [1.165, 1.54) is 50.7 Å². The van der Waals surface area contributed by atoms with Gasteiger partial charge in [-0.3, -0.25) is 9.79 Å². The van der Waals surface area contributed by atoms with E-state index in [9.17, 15) is 9.18 Å². The van der Waals surface area contributed by atoms with Crippen LogP contribution in [0.2, 0.25) is 0 Å². The Morgan fingerprint density at radius 3 is 2.60 bits per heavy atom. The van der Waals surface area contributed by atoms with E-state index in [1.807, 2.05) is 7.05 Å². The summed E-state index contributed by atoms with van der Waals surface area (Å²) in [6.45, 7) is 0. The highest BCUT2D eigenvalue weighted by atomic mass is 32.2. The van der Waals surface area contributed by atoms with Crippen molar-refractivity contribution in [1.82, 2.24) is 4.90 Å². The molecule has 1 aliphatic carbocycles. The number of carbonyl (C=O) groups excluding carboxylic acids is 1. The lowest BCUT2D eigenvalue weighted by molar-refractivity contribution is -0.116. The van der Waals surface area contributed by atoms with Gasteiger partial charge in [0.25, 0.3) is 0 Å². The van der Waals surface area contributed by atoms with Crippen molar-refractivity contribution in [3.63, 3.8) is 0 Å². The van der Waals surface area contributed by atoms with Gasteiger partial charge in [-0.25, -0.2) is 4.39 Å². The second kappa shape index (κ2) is 8.70. The fourth-order valence-electron chi connectivity index (χ4n) is 3.37. The van der Waals surface area contributed by atoms with Crippen LogP contribution in [0.5, 0.6) is 0 Å². The second-order valence-corrected chi connectivity index (χ2v) is 7.88. The van der Waals surface area contributed by atoms with Gasteiger partial charge in [0.2, 0.25) is 5.91 Å². The Morgan fingerprint density at radius 1 is 1.24 bits per heavy atom. The summed E-state index contributed by atoms with van der Waals surface area (Å²) < 4.78 is 12.9. The summed E-state index contributed by atoms with van der Waals surface area (Å²) in [5.74, 6) is 0.544. The average Bonchev–Trinajstić information content (AvgIpc) is 2.79. The molecule has 0 radical (unpaired) electrons. The molecular formula is C19H26FN3OS. The number of anilines is 1. The van der Waals surface area contributed by atoms with Gasteiger partial charge in [-0.05, 0) is 37.1 Å². The third-order valence-electron chi connectivity index (χ3n) is 4.92. The van der Waals surface area contributed by atoms with Gasteiger partial charge in [-0.15, -0.1) is 0 Å². The van der Waals surface area contributed by atoms with E-state index in [2.05, 4.69) is 10.2 Å². The van der Waals surface area contributed by atoms with Crippen molar-refractivity contribution in [2.75, 3.05) is 18.1 Å². The van der Waals surface area contributed by atoms with Gasteiger partial charge in [0, 0.05) is 31.0 Å². The molecule has 3 rings (SSSR count). The van der Waals surface area contributed by atoms with E-state index < -0.39 is 0 Å². The Bertz CT molecular complexity index is 612. The zero-order chi connectivity index (χ0) is 17.6. The number of thioether (sulfide) groups is 1. The number of rotatable bonds is 4. The Balaban J connectivity index is 1.53. The van der Waals surface area contributed by atoms with Gasteiger partial charge >= 0.3 is 0 Å². The van der Waals surface area contributed by atoms with Crippen molar-refractivity contribution < 1.29 is 9.18 Å². The van der Waals surface area contributed by atoms with Crippen LogP contribution in [0.1, 0.15) is 44.9 Å². The van der Waals surface area contributed by atoms with Gasteiger partial charge in [-0.2, -0.15) is 0 Å². The van der Waals surface area contributed by atoms with E-state index in [1.54, 1.807) is 23.9 Å². The minimum atomic E-state index is -0.302. The summed E-state index contributed by atoms with van der Waals surface area (Å²) in [7, 11) is 2.03. The quantitative estimate of drug-likeness (QED) is 0.812. The van der Waals surface area contributed by atoms with Crippen molar-refractivity contribution in [1.29, 1.82) is 0 Å². The minimum Gasteiger partial charge on any atom is -0.350 e. The number of amidine groups is 1. The highest BCUT2D eigenvalue weighted by Gasteiger charge is 2.29. The molecular weight excluding hydrogens is 337 g/mol. The Kier molecular flexibility index (Phi) is 6.34. The maximum atomic E-state index is 12.9. The summed E-state index contributed by atoms with van der Waals surface area (Å²) in [6, 6.07) is 6.47. The van der Waals surface area contributed by atoms with Gasteiger partial charge in [0.15, 0.2) is 5.17 Å². The summed E-state index contributed by atoms with van der Waals surface area (Å²) in [4.78, 5) is 19.4. The lowest BCUT2D eigenvalue weighted by Gasteiger charge is -2.21. The lowest BCUT2D eigenvalue weighted by atomic mass is 10.1. The van der Waals surface area contributed by atoms with Crippen LogP contribution in [0.25, 0.3) is 0 Å². The topological polar surface area (TPSA) is 44.7 Å². The number of aliphatic imine (C=N–C) groups is 1. The molecule has 1 heterocycles. The molecule has 25 heavy (non-hydrogen) atoms. The summed E-state index contributed by atoms with van der Waals surface area (Å²) >= 11 is 1.76. The fraction of sp³-hybridized carbons (Fsp3) is 0.579. The van der Waals surface area contributed by atoms with Crippen LogP contribution in [0.4, 0.5) is 10.1 Å². The van der Waals surface area contributed by atoms with Crippen LogP contribution in [0, 0.1) is 5.82 Å². The van der Waals surface area contributed by atoms with Gasteiger partial charge in [-0.1, -0.05) is 37.4 Å². The molecule has 1 amide bonds. The highest BCUT2D eigenvalue weighted by Crippen LogP contribution is 2.28. The molecule has 136 valence electrons. The molecule has 1 N–H and O–H groups in total. The molecule has 1 aromatic rings. The number of carbonyl (C=O) groups is 1. The number of hydrogen-bond donors (Lipinski definition) is 1. The Labute approximate surface area is 153 Å². The fourth-order valence-corrected chi connectivity index (χ4v) is 4.63. The SMILES string of the molecule is CN1C(=NC2CCCCCC2)SCC1CC(=O)Nc1ccc(F)cc1. The normalized spacial score (nSPS) is 23.7. The zero-order valence-electron chi connectivity index (χ0n) is 14.7. The van der Waals surface area contributed by atoms with Gasteiger partial charge < -0.3 is 10.2 Å². The first-order valence-corrected chi connectivity index (χ1v) is 10.1. The predicted octanol–water partition coefficient (Wildman–Crippen LogP) is 4.28. The van der Waals surface area contributed by atoms with Crippen molar-refractivity contribution in [3.8, 4) is 0 Å². The second-order valence-electron chi connectivity index (χ2n) is 6.89. The standard InChI is InChI=1S/C19H26FN3OS/c1-23-17(12-18(24)21-16-10-8-14(20)9-11-16)13-25-19(23)22-15-6-4-2-3-5-7-15/h8-11,15,17H,2-7,12-13H2,1H3,(H,21,24). The maximum Gasteiger partial charge on any atom is 0.226 e. The zero-order valence-corrected chi connectivity index (χ0v) is 15.5. The molecule has 1 aliphatic heterocycles. The third kappa shape index (κ3) is 5.21. The first-order chi connectivity index (χ1) is 12.1. The van der Waals surface area contributed by atoms with Crippen molar-refractivity contribution >= 4 is 28.5 Å². The predicted molar refractivity (Wildman–Crippen MR) is 103 cm³/mol. The molecule has 1 saturated heterocycles. The Morgan fingerprint density at radius 2 is 1.92 bits per heavy atom. The van der Waals surface area contributed by atoms with Crippen LogP contribution >= 0.6 is 11.8 Å². The summed E-state index contributed by atoms with van der Waals surface area (Å²) in [5, 5.41) is 3.92. The monoisotopic (exact) mass is 363 g/mol. The third-order valence-corrected chi connectivity index (χ3v) is 6.12. The first-order valence-electron chi connectivity index (χ1n) is 9.10. The molecule has 1 aromatic carbocycles. The van der Waals surface area contributed by atoms with Crippen LogP contribution in [-0.2, 0) is 4.79 Å². The number of halogens is 1. The largest absolute Gasteiger partial charge is 0.350 e. The molecule has 1 unspecified atom stereocenters. The molecule has 2 aliphatic rings. The molecule has 0 bridgehead atoms. The summed E-state index contributed by atoms with van der Waals surface area (Å²) in [6.07, 6.45) is 8.01. The van der Waals surface area contributed by atoms with Gasteiger partial charge in [0.1, 0.15) is 5.82 Å². The number of benzene rings is 1. The van der Waals surface area contributed by atoms with E-state index >= 15 is 0 Å².